The third-order valence-electron chi connectivity index (χ3n) is 5.43. The molecule has 0 aromatic heterocycles. The van der Waals surface area contributed by atoms with Gasteiger partial charge in [0.2, 0.25) is 15.9 Å². The number of ether oxygens (including phenoxy) is 1. The third kappa shape index (κ3) is 4.57. The zero-order valence-corrected chi connectivity index (χ0v) is 18.2. The number of rotatable bonds is 5. The summed E-state index contributed by atoms with van der Waals surface area (Å²) < 4.78 is 33.1. The molecular formula is C22H25N3O5S. The molecule has 9 heteroatoms. The van der Waals surface area contributed by atoms with Crippen LogP contribution in [0.2, 0.25) is 0 Å². The second-order valence-corrected chi connectivity index (χ2v) is 9.72. The number of anilines is 2. The van der Waals surface area contributed by atoms with Gasteiger partial charge >= 0.3 is 0 Å². The van der Waals surface area contributed by atoms with E-state index in [1.165, 1.54) is 21.3 Å². The lowest BCUT2D eigenvalue weighted by Gasteiger charge is -2.30. The highest BCUT2D eigenvalue weighted by atomic mass is 32.2. The number of nitrogens with one attached hydrogen (secondary N) is 1. The molecule has 0 unspecified atom stereocenters. The highest BCUT2D eigenvalue weighted by molar-refractivity contribution is 7.89. The normalized spacial score (nSPS) is 17.1. The Hall–Kier alpha value is -2.91. The summed E-state index contributed by atoms with van der Waals surface area (Å²) >= 11 is 0. The van der Waals surface area contributed by atoms with E-state index < -0.39 is 15.9 Å². The van der Waals surface area contributed by atoms with Gasteiger partial charge in [0.05, 0.1) is 10.6 Å². The van der Waals surface area contributed by atoms with Crippen LogP contribution in [-0.4, -0.2) is 50.8 Å². The van der Waals surface area contributed by atoms with Crippen LogP contribution in [0.3, 0.4) is 0 Å². The Morgan fingerprint density at radius 2 is 1.87 bits per heavy atom. The first-order chi connectivity index (χ1) is 14.8. The Balaban J connectivity index is 1.59. The van der Waals surface area contributed by atoms with Crippen LogP contribution in [0, 0.1) is 6.92 Å². The van der Waals surface area contributed by atoms with Crippen molar-refractivity contribution in [1.29, 1.82) is 0 Å². The van der Waals surface area contributed by atoms with Gasteiger partial charge in [-0.2, -0.15) is 4.31 Å². The number of fused-ring (bicyclic) bond motifs is 1. The second-order valence-electron chi connectivity index (χ2n) is 7.78. The van der Waals surface area contributed by atoms with Gasteiger partial charge in [-0.3, -0.25) is 14.5 Å². The van der Waals surface area contributed by atoms with Crippen molar-refractivity contribution in [3.8, 4) is 5.75 Å². The van der Waals surface area contributed by atoms with Crippen molar-refractivity contribution in [3.05, 3.63) is 48.0 Å². The molecule has 0 aliphatic carbocycles. The summed E-state index contributed by atoms with van der Waals surface area (Å²) in [7, 11) is -3.68. The molecule has 0 radical (unpaired) electrons. The standard InChI is InChI=1S/C22H25N3O5S/c1-16-6-5-7-17(12-16)23-21(26)14-25-19-13-18(8-9-20(19)30-15-22(25)27)31(28,29)24-10-3-2-4-11-24/h5-9,12-13H,2-4,10-11,14-15H2,1H3,(H,23,26). The number of nitrogens with zero attached hydrogens (tertiary/aromatic N) is 2. The number of aryl methyl sites for hydroxylation is 1. The Labute approximate surface area is 181 Å². The monoisotopic (exact) mass is 443 g/mol. The lowest BCUT2D eigenvalue weighted by atomic mass is 10.2. The Morgan fingerprint density at radius 3 is 2.61 bits per heavy atom. The minimum atomic E-state index is -3.68. The maximum absolute atomic E-state index is 13.1. The van der Waals surface area contributed by atoms with Crippen molar-refractivity contribution in [2.75, 3.05) is 36.5 Å². The smallest absolute Gasteiger partial charge is 0.265 e. The fourth-order valence-electron chi connectivity index (χ4n) is 3.84. The molecular weight excluding hydrogens is 418 g/mol. The van der Waals surface area contributed by atoms with E-state index in [1.807, 2.05) is 25.1 Å². The van der Waals surface area contributed by atoms with E-state index in [-0.39, 0.29) is 29.6 Å². The zero-order valence-electron chi connectivity index (χ0n) is 17.3. The van der Waals surface area contributed by atoms with Crippen LogP contribution >= 0.6 is 0 Å². The first-order valence-corrected chi connectivity index (χ1v) is 11.7. The van der Waals surface area contributed by atoms with Gasteiger partial charge < -0.3 is 10.1 Å². The highest BCUT2D eigenvalue weighted by Crippen LogP contribution is 2.35. The summed E-state index contributed by atoms with van der Waals surface area (Å²) in [6, 6.07) is 11.8. The predicted octanol–water partition coefficient (Wildman–Crippen LogP) is 2.53. The van der Waals surface area contributed by atoms with Crippen molar-refractivity contribution >= 4 is 33.2 Å². The molecule has 2 aromatic carbocycles. The lowest BCUT2D eigenvalue weighted by Crippen LogP contribution is -2.43. The van der Waals surface area contributed by atoms with Crippen LogP contribution in [0.15, 0.2) is 47.4 Å². The molecule has 0 spiro atoms. The zero-order chi connectivity index (χ0) is 22.0. The minimum absolute atomic E-state index is 0.0931. The first kappa shape index (κ1) is 21.3. The van der Waals surface area contributed by atoms with Gasteiger partial charge in [-0.1, -0.05) is 18.6 Å². The molecule has 1 N–H and O–H groups in total. The van der Waals surface area contributed by atoms with Gasteiger partial charge in [0.15, 0.2) is 6.61 Å². The fourth-order valence-corrected chi connectivity index (χ4v) is 5.37. The number of carbonyl (C=O) groups excluding carboxylic acids is 2. The van der Waals surface area contributed by atoms with E-state index >= 15 is 0 Å². The Kier molecular flexibility index (Phi) is 5.97. The number of carbonyl (C=O) groups is 2. The SMILES string of the molecule is Cc1cccc(NC(=O)CN2C(=O)COc3ccc(S(=O)(=O)N4CCCCC4)cc32)c1. The molecule has 8 nitrogen and oxygen atoms in total. The summed E-state index contributed by atoms with van der Waals surface area (Å²) in [5, 5.41) is 2.78. The molecule has 164 valence electrons. The van der Waals surface area contributed by atoms with Gasteiger partial charge in [-0.05, 0) is 55.7 Å². The molecule has 0 saturated carbocycles. The summed E-state index contributed by atoms with van der Waals surface area (Å²) in [6.45, 7) is 2.44. The number of amides is 2. The molecule has 2 amide bonds. The molecule has 1 fully saturated rings. The van der Waals surface area contributed by atoms with Gasteiger partial charge in [0, 0.05) is 18.8 Å². The van der Waals surface area contributed by atoms with E-state index in [0.29, 0.717) is 24.5 Å². The number of sulfonamides is 1. The predicted molar refractivity (Wildman–Crippen MR) is 117 cm³/mol. The minimum Gasteiger partial charge on any atom is -0.482 e. The van der Waals surface area contributed by atoms with Crippen LogP contribution in [-0.2, 0) is 19.6 Å². The van der Waals surface area contributed by atoms with Crippen LogP contribution in [0.4, 0.5) is 11.4 Å². The first-order valence-electron chi connectivity index (χ1n) is 10.3. The average molecular weight is 444 g/mol. The van der Waals surface area contributed by atoms with Crippen molar-refractivity contribution < 1.29 is 22.7 Å². The number of piperidine rings is 1. The average Bonchev–Trinajstić information content (AvgIpc) is 2.76. The van der Waals surface area contributed by atoms with Crippen LogP contribution in [0.5, 0.6) is 5.75 Å². The van der Waals surface area contributed by atoms with E-state index in [9.17, 15) is 18.0 Å². The number of hydrogen-bond donors (Lipinski definition) is 1. The van der Waals surface area contributed by atoms with Crippen LogP contribution in [0.25, 0.3) is 0 Å². The van der Waals surface area contributed by atoms with Gasteiger partial charge in [-0.15, -0.1) is 0 Å². The summed E-state index contributed by atoms with van der Waals surface area (Å²) in [4.78, 5) is 26.5. The van der Waals surface area contributed by atoms with E-state index in [2.05, 4.69) is 5.32 Å². The largest absolute Gasteiger partial charge is 0.482 e. The second kappa shape index (κ2) is 8.68. The molecule has 2 heterocycles. The van der Waals surface area contributed by atoms with Crippen molar-refractivity contribution in [1.82, 2.24) is 4.31 Å². The topological polar surface area (TPSA) is 96.0 Å². The van der Waals surface area contributed by atoms with E-state index in [4.69, 9.17) is 4.74 Å². The number of hydrogen-bond acceptors (Lipinski definition) is 5. The highest BCUT2D eigenvalue weighted by Gasteiger charge is 2.31. The maximum atomic E-state index is 13.1. The maximum Gasteiger partial charge on any atom is 0.265 e. The summed E-state index contributed by atoms with van der Waals surface area (Å²) in [6.07, 6.45) is 2.68. The molecule has 2 aliphatic heterocycles. The lowest BCUT2D eigenvalue weighted by molar-refractivity contribution is -0.123. The van der Waals surface area contributed by atoms with Crippen molar-refractivity contribution in [3.63, 3.8) is 0 Å². The fraction of sp³-hybridized carbons (Fsp3) is 0.364. The third-order valence-corrected chi connectivity index (χ3v) is 7.32. The quantitative estimate of drug-likeness (QED) is 0.766. The van der Waals surface area contributed by atoms with E-state index in [1.54, 1.807) is 12.1 Å². The Morgan fingerprint density at radius 1 is 1.10 bits per heavy atom. The molecule has 1 saturated heterocycles. The molecule has 0 bridgehead atoms. The van der Waals surface area contributed by atoms with Crippen LogP contribution < -0.4 is 15.0 Å². The summed E-state index contributed by atoms with van der Waals surface area (Å²) in [5.41, 5.74) is 1.92. The van der Waals surface area contributed by atoms with Gasteiger partial charge in [0.25, 0.3) is 5.91 Å². The van der Waals surface area contributed by atoms with Crippen molar-refractivity contribution in [2.45, 2.75) is 31.1 Å². The molecule has 31 heavy (non-hydrogen) atoms. The molecule has 4 rings (SSSR count). The number of benzene rings is 2. The van der Waals surface area contributed by atoms with E-state index in [0.717, 1.165) is 24.8 Å². The van der Waals surface area contributed by atoms with Gasteiger partial charge in [0.1, 0.15) is 12.3 Å². The van der Waals surface area contributed by atoms with Gasteiger partial charge in [-0.25, -0.2) is 8.42 Å². The molecule has 2 aromatic rings. The Bertz CT molecular complexity index is 1110. The summed E-state index contributed by atoms with van der Waals surface area (Å²) in [5.74, 6) is -0.406. The molecule has 0 atom stereocenters. The molecule has 2 aliphatic rings. The van der Waals surface area contributed by atoms with Crippen LogP contribution in [0.1, 0.15) is 24.8 Å². The van der Waals surface area contributed by atoms with Crippen molar-refractivity contribution in [2.24, 2.45) is 0 Å².